The van der Waals surface area contributed by atoms with Gasteiger partial charge in [0.25, 0.3) is 0 Å². The van der Waals surface area contributed by atoms with Crippen LogP contribution in [0.2, 0.25) is 0 Å². The van der Waals surface area contributed by atoms with Crippen LogP contribution in [0.3, 0.4) is 0 Å². The van der Waals surface area contributed by atoms with Gasteiger partial charge in [-0.1, -0.05) is 25.5 Å². The number of amides is 1. The van der Waals surface area contributed by atoms with E-state index in [-0.39, 0.29) is 31.3 Å². The largest absolute Gasteiger partial charge is 0.391 e. The first-order valence-corrected chi connectivity index (χ1v) is 7.45. The van der Waals surface area contributed by atoms with Gasteiger partial charge in [0.2, 0.25) is 5.91 Å². The Hall–Kier alpha value is -1.04. The van der Waals surface area contributed by atoms with Gasteiger partial charge < -0.3 is 5.32 Å². The molecule has 2 unspecified atom stereocenters. The Kier molecular flexibility index (Phi) is 6.71. The fraction of sp³-hybridized carbons (Fsp3) is 0.800. The van der Waals surface area contributed by atoms with Crippen molar-refractivity contribution in [2.24, 2.45) is 5.92 Å². The number of likely N-dealkylation sites (N-methyl/N-ethyl adjacent to an activating group) is 1. The molecule has 122 valence electrons. The molecule has 0 radical (unpaired) electrons. The Labute approximate surface area is 124 Å². The molecule has 6 heteroatoms. The molecule has 1 rings (SSSR count). The molecule has 0 aromatic rings. The van der Waals surface area contributed by atoms with Crippen LogP contribution in [0.4, 0.5) is 13.2 Å². The number of alkyl halides is 3. The highest BCUT2D eigenvalue weighted by Gasteiger charge is 2.42. The van der Waals surface area contributed by atoms with Gasteiger partial charge in [-0.25, -0.2) is 0 Å². The van der Waals surface area contributed by atoms with Crippen molar-refractivity contribution < 1.29 is 18.0 Å². The number of carbonyl (C=O) groups excluding carboxylic acids is 1. The number of nitrogens with one attached hydrogen (secondary N) is 1. The first kappa shape index (κ1) is 18.0. The maximum Gasteiger partial charge on any atom is 0.391 e. The van der Waals surface area contributed by atoms with Crippen molar-refractivity contribution in [2.75, 3.05) is 19.6 Å². The number of rotatable bonds is 6. The summed E-state index contributed by atoms with van der Waals surface area (Å²) in [7, 11) is 0. The summed E-state index contributed by atoms with van der Waals surface area (Å²) in [5, 5.41) is 2.75. The van der Waals surface area contributed by atoms with Crippen molar-refractivity contribution in [3.8, 4) is 0 Å². The molecule has 0 saturated heterocycles. The second-order valence-corrected chi connectivity index (χ2v) is 5.93. The predicted octanol–water partition coefficient (Wildman–Crippen LogP) is 3.12. The van der Waals surface area contributed by atoms with E-state index in [1.165, 1.54) is 0 Å². The molecule has 21 heavy (non-hydrogen) atoms. The molecule has 0 spiro atoms. The molecule has 1 amide bonds. The van der Waals surface area contributed by atoms with E-state index in [4.69, 9.17) is 0 Å². The van der Waals surface area contributed by atoms with E-state index in [1.54, 1.807) is 0 Å². The van der Waals surface area contributed by atoms with Crippen LogP contribution in [-0.4, -0.2) is 42.7 Å². The van der Waals surface area contributed by atoms with Gasteiger partial charge in [0.1, 0.15) is 0 Å². The van der Waals surface area contributed by atoms with Crippen molar-refractivity contribution in [3.63, 3.8) is 0 Å². The molecule has 1 aliphatic carbocycles. The lowest BCUT2D eigenvalue weighted by molar-refractivity contribution is -0.184. The van der Waals surface area contributed by atoms with Crippen LogP contribution in [0, 0.1) is 5.92 Å². The normalized spacial score (nSPS) is 23.1. The molecule has 0 aromatic carbocycles. The molecule has 0 bridgehead atoms. The zero-order valence-electron chi connectivity index (χ0n) is 12.8. The summed E-state index contributed by atoms with van der Waals surface area (Å²) < 4.78 is 38.2. The minimum absolute atomic E-state index is 0.00184. The summed E-state index contributed by atoms with van der Waals surface area (Å²) in [4.78, 5) is 13.9. The number of halogens is 3. The van der Waals surface area contributed by atoms with Crippen LogP contribution in [-0.2, 0) is 4.79 Å². The number of nitrogens with zero attached hydrogens (tertiary/aromatic N) is 1. The molecule has 1 fully saturated rings. The SMILES string of the molecule is C=C(C)CN(CC)CC(=O)NC1CCCC(C(F)(F)F)C1. The number of hydrogen-bond acceptors (Lipinski definition) is 2. The maximum absolute atomic E-state index is 12.7. The average molecular weight is 306 g/mol. The number of hydrogen-bond donors (Lipinski definition) is 1. The second-order valence-electron chi connectivity index (χ2n) is 5.93. The third-order valence-electron chi connectivity index (χ3n) is 3.81. The zero-order valence-corrected chi connectivity index (χ0v) is 12.8. The summed E-state index contributed by atoms with van der Waals surface area (Å²) >= 11 is 0. The molecule has 3 nitrogen and oxygen atoms in total. The number of carbonyl (C=O) groups is 1. The van der Waals surface area contributed by atoms with Crippen molar-refractivity contribution >= 4 is 5.91 Å². The van der Waals surface area contributed by atoms with Gasteiger partial charge in [0.05, 0.1) is 12.5 Å². The van der Waals surface area contributed by atoms with Gasteiger partial charge in [0, 0.05) is 12.6 Å². The third-order valence-corrected chi connectivity index (χ3v) is 3.81. The van der Waals surface area contributed by atoms with Crippen LogP contribution >= 0.6 is 0 Å². The van der Waals surface area contributed by atoms with Gasteiger partial charge in [-0.05, 0) is 32.7 Å². The van der Waals surface area contributed by atoms with Crippen molar-refractivity contribution in [1.82, 2.24) is 10.2 Å². The molecule has 2 atom stereocenters. The Morgan fingerprint density at radius 1 is 1.33 bits per heavy atom. The lowest BCUT2D eigenvalue weighted by atomic mass is 9.85. The van der Waals surface area contributed by atoms with Crippen LogP contribution in [0.1, 0.15) is 39.5 Å². The third kappa shape index (κ3) is 6.50. The highest BCUT2D eigenvalue weighted by molar-refractivity contribution is 5.78. The monoisotopic (exact) mass is 306 g/mol. The molecule has 0 aromatic heterocycles. The second kappa shape index (κ2) is 7.82. The van der Waals surface area contributed by atoms with Crippen LogP contribution in [0.5, 0.6) is 0 Å². The van der Waals surface area contributed by atoms with Gasteiger partial charge in [-0.3, -0.25) is 9.69 Å². The van der Waals surface area contributed by atoms with Gasteiger partial charge >= 0.3 is 6.18 Å². The van der Waals surface area contributed by atoms with E-state index in [0.717, 1.165) is 5.57 Å². The Morgan fingerprint density at radius 2 is 2.00 bits per heavy atom. The molecule has 0 heterocycles. The topological polar surface area (TPSA) is 32.3 Å². The Bertz CT molecular complexity index is 368. The standard InChI is InChI=1S/C15H25F3N2O/c1-4-20(9-11(2)3)10-14(21)19-13-7-5-6-12(8-13)15(16,17)18/h12-13H,2,4-10H2,1,3H3,(H,19,21). The quantitative estimate of drug-likeness (QED) is 0.765. The average Bonchev–Trinajstić information content (AvgIpc) is 2.36. The minimum Gasteiger partial charge on any atom is -0.352 e. The van der Waals surface area contributed by atoms with Gasteiger partial charge in [0.15, 0.2) is 0 Å². The molecular weight excluding hydrogens is 281 g/mol. The predicted molar refractivity (Wildman–Crippen MR) is 76.9 cm³/mol. The fourth-order valence-electron chi connectivity index (χ4n) is 2.76. The van der Waals surface area contributed by atoms with E-state index in [0.29, 0.717) is 25.9 Å². The molecule has 1 N–H and O–H groups in total. The maximum atomic E-state index is 12.7. The van der Waals surface area contributed by atoms with E-state index in [2.05, 4.69) is 11.9 Å². The molecule has 1 saturated carbocycles. The minimum atomic E-state index is -4.15. The van der Waals surface area contributed by atoms with Gasteiger partial charge in [-0.2, -0.15) is 13.2 Å². The van der Waals surface area contributed by atoms with E-state index < -0.39 is 12.1 Å². The van der Waals surface area contributed by atoms with E-state index in [1.807, 2.05) is 18.7 Å². The molecular formula is C15H25F3N2O. The van der Waals surface area contributed by atoms with E-state index in [9.17, 15) is 18.0 Å². The summed E-state index contributed by atoms with van der Waals surface area (Å²) in [6.45, 7) is 9.16. The van der Waals surface area contributed by atoms with Gasteiger partial charge in [-0.15, -0.1) is 0 Å². The lowest BCUT2D eigenvalue weighted by Gasteiger charge is -2.31. The summed E-state index contributed by atoms with van der Waals surface area (Å²) in [6.07, 6.45) is -2.84. The molecule has 0 aliphatic heterocycles. The van der Waals surface area contributed by atoms with Crippen molar-refractivity contribution in [1.29, 1.82) is 0 Å². The summed E-state index contributed by atoms with van der Waals surface area (Å²) in [5.74, 6) is -1.49. The highest BCUT2D eigenvalue weighted by atomic mass is 19.4. The highest BCUT2D eigenvalue weighted by Crippen LogP contribution is 2.37. The van der Waals surface area contributed by atoms with E-state index >= 15 is 0 Å². The first-order valence-electron chi connectivity index (χ1n) is 7.45. The Balaban J connectivity index is 2.45. The van der Waals surface area contributed by atoms with Crippen LogP contribution in [0.15, 0.2) is 12.2 Å². The lowest BCUT2D eigenvalue weighted by Crippen LogP contribution is -2.45. The smallest absolute Gasteiger partial charge is 0.352 e. The summed E-state index contributed by atoms with van der Waals surface area (Å²) in [6, 6.07) is -0.360. The summed E-state index contributed by atoms with van der Waals surface area (Å²) in [5.41, 5.74) is 0.958. The fourth-order valence-corrected chi connectivity index (χ4v) is 2.76. The van der Waals surface area contributed by atoms with Crippen molar-refractivity contribution in [2.45, 2.75) is 51.7 Å². The van der Waals surface area contributed by atoms with Crippen molar-refractivity contribution in [3.05, 3.63) is 12.2 Å². The van der Waals surface area contributed by atoms with Crippen LogP contribution in [0.25, 0.3) is 0 Å². The molecule has 1 aliphatic rings. The Morgan fingerprint density at radius 3 is 2.52 bits per heavy atom. The van der Waals surface area contributed by atoms with Crippen LogP contribution < -0.4 is 5.32 Å². The first-order chi connectivity index (χ1) is 9.72. The zero-order chi connectivity index (χ0) is 16.0.